The summed E-state index contributed by atoms with van der Waals surface area (Å²) in [5, 5.41) is 0. The molecule has 0 amide bonds. The summed E-state index contributed by atoms with van der Waals surface area (Å²) in [6.07, 6.45) is 1.08. The standard InChI is InChI=1S/C12H16O2/c1-12(14-3)8-11(13-2)9-6-4-5-7-10(9)12/h4-7,11H,8H2,1-3H3. The van der Waals surface area contributed by atoms with Crippen LogP contribution in [0, 0.1) is 0 Å². The summed E-state index contributed by atoms with van der Waals surface area (Å²) in [6, 6.07) is 8.34. The van der Waals surface area contributed by atoms with Crippen LogP contribution in [0.15, 0.2) is 24.3 Å². The van der Waals surface area contributed by atoms with Crippen molar-refractivity contribution in [3.05, 3.63) is 35.4 Å². The normalized spacial score (nSPS) is 30.4. The molecular formula is C12H16O2. The molecule has 0 radical (unpaired) electrons. The first-order valence-electron chi connectivity index (χ1n) is 4.88. The van der Waals surface area contributed by atoms with E-state index in [2.05, 4.69) is 19.1 Å². The lowest BCUT2D eigenvalue weighted by atomic mass is 9.98. The van der Waals surface area contributed by atoms with E-state index in [1.54, 1.807) is 14.2 Å². The molecule has 1 aliphatic rings. The zero-order valence-corrected chi connectivity index (χ0v) is 8.91. The molecule has 0 bridgehead atoms. The molecule has 2 atom stereocenters. The molecule has 0 saturated heterocycles. The minimum Gasteiger partial charge on any atom is -0.377 e. The van der Waals surface area contributed by atoms with Gasteiger partial charge in [0.25, 0.3) is 0 Å². The summed E-state index contributed by atoms with van der Waals surface area (Å²) >= 11 is 0. The van der Waals surface area contributed by atoms with E-state index in [0.29, 0.717) is 0 Å². The fourth-order valence-electron chi connectivity index (χ4n) is 2.24. The Labute approximate surface area is 84.8 Å². The molecule has 76 valence electrons. The van der Waals surface area contributed by atoms with Crippen molar-refractivity contribution in [3.63, 3.8) is 0 Å². The molecular weight excluding hydrogens is 176 g/mol. The van der Waals surface area contributed by atoms with E-state index in [1.165, 1.54) is 11.1 Å². The lowest BCUT2D eigenvalue weighted by Crippen LogP contribution is -2.20. The molecule has 1 aromatic carbocycles. The summed E-state index contributed by atoms with van der Waals surface area (Å²) in [4.78, 5) is 0. The summed E-state index contributed by atoms with van der Waals surface area (Å²) in [7, 11) is 3.51. The Balaban J connectivity index is 2.48. The molecule has 0 aliphatic heterocycles. The highest BCUT2D eigenvalue weighted by atomic mass is 16.5. The maximum absolute atomic E-state index is 5.58. The molecule has 2 rings (SSSR count). The van der Waals surface area contributed by atoms with Gasteiger partial charge in [0, 0.05) is 20.6 Å². The molecule has 1 aliphatic carbocycles. The Kier molecular flexibility index (Phi) is 2.33. The average Bonchev–Trinajstić information content (AvgIpc) is 2.54. The fraction of sp³-hybridized carbons (Fsp3) is 0.500. The number of benzene rings is 1. The van der Waals surface area contributed by atoms with Gasteiger partial charge in [-0.2, -0.15) is 0 Å². The molecule has 0 saturated carbocycles. The predicted molar refractivity (Wildman–Crippen MR) is 55.2 cm³/mol. The van der Waals surface area contributed by atoms with Crippen molar-refractivity contribution >= 4 is 0 Å². The molecule has 14 heavy (non-hydrogen) atoms. The monoisotopic (exact) mass is 192 g/mol. The van der Waals surface area contributed by atoms with E-state index < -0.39 is 0 Å². The van der Waals surface area contributed by atoms with Gasteiger partial charge in [-0.05, 0) is 18.1 Å². The molecule has 0 aromatic heterocycles. The molecule has 2 unspecified atom stereocenters. The van der Waals surface area contributed by atoms with Crippen molar-refractivity contribution < 1.29 is 9.47 Å². The third-order valence-corrected chi connectivity index (χ3v) is 3.19. The average molecular weight is 192 g/mol. The van der Waals surface area contributed by atoms with E-state index in [-0.39, 0.29) is 11.7 Å². The van der Waals surface area contributed by atoms with E-state index in [0.717, 1.165) is 6.42 Å². The van der Waals surface area contributed by atoms with Gasteiger partial charge in [-0.15, -0.1) is 0 Å². The van der Waals surface area contributed by atoms with Crippen LogP contribution in [0.25, 0.3) is 0 Å². The van der Waals surface area contributed by atoms with Gasteiger partial charge in [-0.3, -0.25) is 0 Å². The number of rotatable bonds is 2. The Morgan fingerprint density at radius 3 is 2.64 bits per heavy atom. The molecule has 0 fully saturated rings. The van der Waals surface area contributed by atoms with Crippen LogP contribution in [0.2, 0.25) is 0 Å². The van der Waals surface area contributed by atoms with Crippen molar-refractivity contribution in [1.29, 1.82) is 0 Å². The summed E-state index contributed by atoms with van der Waals surface area (Å²) in [6.45, 7) is 2.12. The van der Waals surface area contributed by atoms with Crippen molar-refractivity contribution in [1.82, 2.24) is 0 Å². The maximum Gasteiger partial charge on any atom is 0.0931 e. The molecule has 0 N–H and O–H groups in total. The van der Waals surface area contributed by atoms with Crippen LogP contribution in [-0.2, 0) is 15.1 Å². The molecule has 0 spiro atoms. The zero-order chi connectivity index (χ0) is 10.2. The largest absolute Gasteiger partial charge is 0.377 e. The number of methoxy groups -OCH3 is 2. The van der Waals surface area contributed by atoms with Gasteiger partial charge in [-0.25, -0.2) is 0 Å². The van der Waals surface area contributed by atoms with Crippen LogP contribution in [0.5, 0.6) is 0 Å². The first-order chi connectivity index (χ1) is 6.71. The number of ether oxygens (including phenoxy) is 2. The minimum atomic E-state index is -0.183. The minimum absolute atomic E-state index is 0.177. The van der Waals surface area contributed by atoms with Gasteiger partial charge >= 0.3 is 0 Å². The van der Waals surface area contributed by atoms with Crippen molar-refractivity contribution in [2.24, 2.45) is 0 Å². The van der Waals surface area contributed by atoms with Crippen LogP contribution in [0.3, 0.4) is 0 Å². The first kappa shape index (κ1) is 9.69. The van der Waals surface area contributed by atoms with E-state index >= 15 is 0 Å². The third kappa shape index (κ3) is 1.26. The quantitative estimate of drug-likeness (QED) is 0.717. The molecule has 0 heterocycles. The van der Waals surface area contributed by atoms with Gasteiger partial charge in [0.15, 0.2) is 0 Å². The van der Waals surface area contributed by atoms with E-state index in [1.807, 2.05) is 12.1 Å². The lowest BCUT2D eigenvalue weighted by Gasteiger charge is -2.23. The van der Waals surface area contributed by atoms with Gasteiger partial charge < -0.3 is 9.47 Å². The van der Waals surface area contributed by atoms with Crippen LogP contribution in [-0.4, -0.2) is 14.2 Å². The van der Waals surface area contributed by atoms with Gasteiger partial charge in [0.05, 0.1) is 11.7 Å². The second-order valence-corrected chi connectivity index (χ2v) is 3.95. The second kappa shape index (κ2) is 3.37. The summed E-state index contributed by atoms with van der Waals surface area (Å²) in [5.41, 5.74) is 2.34. The Hall–Kier alpha value is -0.860. The number of fused-ring (bicyclic) bond motifs is 1. The molecule has 2 nitrogen and oxygen atoms in total. The van der Waals surface area contributed by atoms with Crippen LogP contribution in [0.4, 0.5) is 0 Å². The third-order valence-electron chi connectivity index (χ3n) is 3.19. The second-order valence-electron chi connectivity index (χ2n) is 3.95. The topological polar surface area (TPSA) is 18.5 Å². The number of hydrogen-bond acceptors (Lipinski definition) is 2. The highest BCUT2D eigenvalue weighted by Gasteiger charge is 2.40. The Morgan fingerprint density at radius 1 is 1.29 bits per heavy atom. The fourth-order valence-corrected chi connectivity index (χ4v) is 2.24. The van der Waals surface area contributed by atoms with Crippen molar-refractivity contribution in [3.8, 4) is 0 Å². The van der Waals surface area contributed by atoms with E-state index in [4.69, 9.17) is 9.47 Å². The Morgan fingerprint density at radius 2 is 2.00 bits per heavy atom. The van der Waals surface area contributed by atoms with Crippen molar-refractivity contribution in [2.45, 2.75) is 25.0 Å². The molecule has 1 aromatic rings. The highest BCUT2D eigenvalue weighted by molar-refractivity contribution is 5.38. The maximum atomic E-state index is 5.58. The van der Waals surface area contributed by atoms with Crippen LogP contribution >= 0.6 is 0 Å². The summed E-state index contributed by atoms with van der Waals surface area (Å²) < 4.78 is 11.0. The predicted octanol–water partition coefficient (Wildman–Crippen LogP) is 2.64. The SMILES string of the molecule is COC1CC(C)(OC)c2ccccc21. The lowest BCUT2D eigenvalue weighted by molar-refractivity contribution is -0.0290. The smallest absolute Gasteiger partial charge is 0.0931 e. The Bertz CT molecular complexity index is 335. The zero-order valence-electron chi connectivity index (χ0n) is 8.91. The highest BCUT2D eigenvalue weighted by Crippen LogP contribution is 2.46. The number of hydrogen-bond donors (Lipinski definition) is 0. The van der Waals surface area contributed by atoms with E-state index in [9.17, 15) is 0 Å². The summed E-state index contributed by atoms with van der Waals surface area (Å²) in [5.74, 6) is 0. The van der Waals surface area contributed by atoms with Crippen LogP contribution < -0.4 is 0 Å². The van der Waals surface area contributed by atoms with Crippen molar-refractivity contribution in [2.75, 3.05) is 14.2 Å². The first-order valence-corrected chi connectivity index (χ1v) is 4.88. The van der Waals surface area contributed by atoms with Gasteiger partial charge in [0.2, 0.25) is 0 Å². The molecule has 2 heteroatoms. The van der Waals surface area contributed by atoms with Crippen LogP contribution in [0.1, 0.15) is 30.6 Å². The van der Waals surface area contributed by atoms with Gasteiger partial charge in [0.1, 0.15) is 0 Å². The van der Waals surface area contributed by atoms with Gasteiger partial charge in [-0.1, -0.05) is 24.3 Å².